The Kier molecular flexibility index (Phi) is 3.56. The topological polar surface area (TPSA) is 75.3 Å². The number of nitrogens with one attached hydrogen (secondary N) is 2. The van der Waals surface area contributed by atoms with Crippen LogP contribution in [-0.4, -0.2) is 33.6 Å². The lowest BCUT2D eigenvalue weighted by Crippen LogP contribution is -2.39. The highest BCUT2D eigenvalue weighted by molar-refractivity contribution is 7.85. The third kappa shape index (κ3) is 2.75. The second kappa shape index (κ2) is 5.36. The fraction of sp³-hybridized carbons (Fsp3) is 0.429. The van der Waals surface area contributed by atoms with E-state index in [1.165, 1.54) is 0 Å². The average Bonchev–Trinajstić information content (AvgIpc) is 2.80. The second-order valence-electron chi connectivity index (χ2n) is 5.19. The molecule has 1 aromatic rings. The molecule has 0 unspecified atom stereocenters. The molecular formula is C14H16N2O3S. The first-order valence-electron chi connectivity index (χ1n) is 6.70. The summed E-state index contributed by atoms with van der Waals surface area (Å²) < 4.78 is 11.3. The predicted molar refractivity (Wildman–Crippen MR) is 77.1 cm³/mol. The van der Waals surface area contributed by atoms with Crippen LogP contribution < -0.4 is 10.6 Å². The third-order valence-electron chi connectivity index (χ3n) is 3.72. The van der Waals surface area contributed by atoms with Gasteiger partial charge >= 0.3 is 0 Å². The Morgan fingerprint density at radius 3 is 2.80 bits per heavy atom. The number of carbonyl (C=O) groups is 2. The van der Waals surface area contributed by atoms with E-state index in [4.69, 9.17) is 0 Å². The van der Waals surface area contributed by atoms with Crippen LogP contribution in [0.2, 0.25) is 0 Å². The molecule has 0 atom stereocenters. The Bertz CT molecular complexity index is 590. The number of fused-ring (bicyclic) bond motifs is 1. The van der Waals surface area contributed by atoms with Crippen LogP contribution in [0.15, 0.2) is 18.2 Å². The summed E-state index contributed by atoms with van der Waals surface area (Å²) in [5.41, 5.74) is 2.21. The fourth-order valence-corrected chi connectivity index (χ4v) is 3.86. The second-order valence-corrected chi connectivity index (χ2v) is 6.89. The van der Waals surface area contributed by atoms with Crippen LogP contribution in [0.3, 0.4) is 0 Å². The van der Waals surface area contributed by atoms with Gasteiger partial charge in [0.25, 0.3) is 5.91 Å². The minimum absolute atomic E-state index is 0.0349. The number of carbonyl (C=O) groups excluding carboxylic acids is 2. The molecule has 2 amide bonds. The summed E-state index contributed by atoms with van der Waals surface area (Å²) in [6, 6.07) is 5.38. The fourth-order valence-electron chi connectivity index (χ4n) is 2.56. The predicted octanol–water partition coefficient (Wildman–Crippen LogP) is 0.822. The number of hydrogen-bond acceptors (Lipinski definition) is 3. The number of rotatable bonds is 2. The van der Waals surface area contributed by atoms with E-state index < -0.39 is 10.8 Å². The van der Waals surface area contributed by atoms with Crippen LogP contribution in [0.25, 0.3) is 0 Å². The molecule has 0 radical (unpaired) electrons. The van der Waals surface area contributed by atoms with E-state index in [0.717, 1.165) is 24.1 Å². The summed E-state index contributed by atoms with van der Waals surface area (Å²) in [7, 11) is -0.723. The van der Waals surface area contributed by atoms with Gasteiger partial charge < -0.3 is 10.6 Å². The summed E-state index contributed by atoms with van der Waals surface area (Å²) in [5, 5.41) is 5.71. The van der Waals surface area contributed by atoms with Gasteiger partial charge in [0.15, 0.2) is 0 Å². The van der Waals surface area contributed by atoms with Crippen LogP contribution in [0.5, 0.6) is 0 Å². The van der Waals surface area contributed by atoms with Gasteiger partial charge in [-0.3, -0.25) is 13.8 Å². The number of amides is 2. The first-order chi connectivity index (χ1) is 9.61. The summed E-state index contributed by atoms with van der Waals surface area (Å²) in [6.45, 7) is 0. The Hall–Kier alpha value is -1.69. The maximum Gasteiger partial charge on any atom is 0.251 e. The van der Waals surface area contributed by atoms with Gasteiger partial charge in [-0.2, -0.15) is 0 Å². The molecule has 0 saturated carbocycles. The largest absolute Gasteiger partial charge is 0.349 e. The van der Waals surface area contributed by atoms with E-state index in [2.05, 4.69) is 10.6 Å². The molecule has 0 aromatic heterocycles. The molecule has 5 nitrogen and oxygen atoms in total. The van der Waals surface area contributed by atoms with Crippen LogP contribution in [0, 0.1) is 0 Å². The van der Waals surface area contributed by atoms with Crippen molar-refractivity contribution in [2.24, 2.45) is 0 Å². The summed E-state index contributed by atoms with van der Waals surface area (Å²) in [6.07, 6.45) is 1.91. The maximum atomic E-state index is 12.2. The first kappa shape index (κ1) is 13.3. The van der Waals surface area contributed by atoms with Crippen LogP contribution >= 0.6 is 0 Å². The Morgan fingerprint density at radius 2 is 2.05 bits per heavy atom. The SMILES string of the molecule is O=C1Cc2ccc(C(=O)NC3CCS(=O)CC3)cc2N1. The van der Waals surface area contributed by atoms with Gasteiger partial charge in [0.05, 0.1) is 6.42 Å². The van der Waals surface area contributed by atoms with Crippen molar-refractivity contribution in [2.45, 2.75) is 25.3 Å². The van der Waals surface area contributed by atoms with E-state index in [1.54, 1.807) is 12.1 Å². The lowest BCUT2D eigenvalue weighted by Gasteiger charge is -2.22. The first-order valence-corrected chi connectivity index (χ1v) is 8.19. The zero-order valence-corrected chi connectivity index (χ0v) is 11.8. The molecular weight excluding hydrogens is 276 g/mol. The van der Waals surface area contributed by atoms with E-state index >= 15 is 0 Å². The number of hydrogen-bond donors (Lipinski definition) is 2. The summed E-state index contributed by atoms with van der Waals surface area (Å²) in [4.78, 5) is 23.5. The molecule has 1 aromatic carbocycles. The zero-order chi connectivity index (χ0) is 14.1. The van der Waals surface area contributed by atoms with Crippen molar-refractivity contribution in [3.63, 3.8) is 0 Å². The van der Waals surface area contributed by atoms with Gasteiger partial charge in [-0.05, 0) is 30.5 Å². The standard InChI is InChI=1S/C14H16N2O3S/c17-13-8-9-1-2-10(7-12(9)16-13)14(18)15-11-3-5-20(19)6-4-11/h1-2,7,11H,3-6,8H2,(H,15,18)(H,16,17). The molecule has 0 bridgehead atoms. The van der Waals surface area contributed by atoms with Gasteiger partial charge in [-0.1, -0.05) is 6.07 Å². The van der Waals surface area contributed by atoms with Crippen LogP contribution in [-0.2, 0) is 22.0 Å². The molecule has 2 aliphatic heterocycles. The molecule has 2 aliphatic rings. The van der Waals surface area contributed by atoms with Crippen molar-refractivity contribution in [3.05, 3.63) is 29.3 Å². The normalized spacial score (nSPS) is 24.9. The van der Waals surface area contributed by atoms with Gasteiger partial charge in [0.1, 0.15) is 0 Å². The van der Waals surface area contributed by atoms with E-state index in [-0.39, 0.29) is 17.9 Å². The highest BCUT2D eigenvalue weighted by Gasteiger charge is 2.22. The molecule has 6 heteroatoms. The molecule has 1 fully saturated rings. The summed E-state index contributed by atoms with van der Waals surface area (Å²) >= 11 is 0. The van der Waals surface area contributed by atoms with Crippen molar-refractivity contribution in [1.82, 2.24) is 5.32 Å². The molecule has 2 heterocycles. The van der Waals surface area contributed by atoms with E-state index in [0.29, 0.717) is 23.5 Å². The molecule has 20 heavy (non-hydrogen) atoms. The van der Waals surface area contributed by atoms with Crippen molar-refractivity contribution in [2.75, 3.05) is 16.8 Å². The van der Waals surface area contributed by atoms with Crippen molar-refractivity contribution < 1.29 is 13.8 Å². The molecule has 1 saturated heterocycles. The highest BCUT2D eigenvalue weighted by atomic mass is 32.2. The zero-order valence-electron chi connectivity index (χ0n) is 11.0. The monoisotopic (exact) mass is 292 g/mol. The molecule has 3 rings (SSSR count). The Morgan fingerprint density at radius 1 is 1.30 bits per heavy atom. The number of anilines is 1. The van der Waals surface area contributed by atoms with Gasteiger partial charge in [-0.25, -0.2) is 0 Å². The van der Waals surface area contributed by atoms with Crippen LogP contribution in [0.1, 0.15) is 28.8 Å². The minimum atomic E-state index is -0.723. The van der Waals surface area contributed by atoms with E-state index in [1.807, 2.05) is 6.07 Å². The molecule has 106 valence electrons. The smallest absolute Gasteiger partial charge is 0.251 e. The molecule has 0 spiro atoms. The van der Waals surface area contributed by atoms with Crippen LogP contribution in [0.4, 0.5) is 5.69 Å². The third-order valence-corrected chi connectivity index (χ3v) is 5.10. The van der Waals surface area contributed by atoms with E-state index in [9.17, 15) is 13.8 Å². The number of benzene rings is 1. The maximum absolute atomic E-state index is 12.2. The summed E-state index contributed by atoms with van der Waals surface area (Å²) in [5.74, 6) is 1.15. The van der Waals surface area contributed by atoms with Crippen molar-refractivity contribution in [1.29, 1.82) is 0 Å². The lowest BCUT2D eigenvalue weighted by atomic mass is 10.1. The van der Waals surface area contributed by atoms with Crippen molar-refractivity contribution >= 4 is 28.3 Å². The Labute approximate surface area is 119 Å². The van der Waals surface area contributed by atoms with Gasteiger partial charge in [-0.15, -0.1) is 0 Å². The Balaban J connectivity index is 1.67. The lowest BCUT2D eigenvalue weighted by molar-refractivity contribution is -0.115. The minimum Gasteiger partial charge on any atom is -0.349 e. The molecule has 2 N–H and O–H groups in total. The van der Waals surface area contributed by atoms with Gasteiger partial charge in [0.2, 0.25) is 5.91 Å². The highest BCUT2D eigenvalue weighted by Crippen LogP contribution is 2.24. The quantitative estimate of drug-likeness (QED) is 0.847. The van der Waals surface area contributed by atoms with Crippen molar-refractivity contribution in [3.8, 4) is 0 Å². The van der Waals surface area contributed by atoms with Gasteiger partial charge in [0, 0.05) is 39.6 Å². The average molecular weight is 292 g/mol. The molecule has 0 aliphatic carbocycles.